The van der Waals surface area contributed by atoms with Gasteiger partial charge in [0.1, 0.15) is 5.75 Å². The van der Waals surface area contributed by atoms with Crippen molar-refractivity contribution in [2.24, 2.45) is 5.92 Å². The lowest BCUT2D eigenvalue weighted by Gasteiger charge is -2.35. The summed E-state index contributed by atoms with van der Waals surface area (Å²) < 4.78 is 5.10. The lowest BCUT2D eigenvalue weighted by atomic mass is 9.94. The van der Waals surface area contributed by atoms with Crippen molar-refractivity contribution in [3.63, 3.8) is 0 Å². The minimum Gasteiger partial charge on any atom is -0.497 e. The standard InChI is InChI=1S/C21H28N2O4/c1-3-12-23-17-7-4-16(21(23)26)13-22(14-17)20(25)11-10-19(24)15-5-8-18(27-2)9-6-15/h5-6,8-9,16-17H,3-4,7,10-14H2,1-2H3. The zero-order valence-corrected chi connectivity index (χ0v) is 16.1. The summed E-state index contributed by atoms with van der Waals surface area (Å²) in [6.45, 7) is 3.92. The SMILES string of the molecule is CCCN1C(=O)C2CCC1CN(C(=O)CCC(=O)c1ccc(OC)cc1)C2. The number of hydrogen-bond donors (Lipinski definition) is 0. The molecular formula is C21H28N2O4. The van der Waals surface area contributed by atoms with Gasteiger partial charge in [0.15, 0.2) is 5.78 Å². The fourth-order valence-electron chi connectivity index (χ4n) is 4.08. The summed E-state index contributed by atoms with van der Waals surface area (Å²) in [5.41, 5.74) is 0.587. The number of carbonyl (C=O) groups excluding carboxylic acids is 3. The van der Waals surface area contributed by atoms with Crippen LogP contribution in [-0.4, -0.2) is 60.2 Å². The van der Waals surface area contributed by atoms with Crippen LogP contribution in [0.25, 0.3) is 0 Å². The summed E-state index contributed by atoms with van der Waals surface area (Å²) in [5, 5.41) is 0. The van der Waals surface area contributed by atoms with Crippen LogP contribution < -0.4 is 4.74 Å². The molecule has 3 saturated heterocycles. The second kappa shape index (κ2) is 8.55. The first kappa shape index (κ1) is 19.4. The van der Waals surface area contributed by atoms with E-state index in [1.54, 1.807) is 36.3 Å². The average Bonchev–Trinajstić information content (AvgIpc) is 2.98. The highest BCUT2D eigenvalue weighted by Crippen LogP contribution is 2.29. The van der Waals surface area contributed by atoms with Gasteiger partial charge in [-0.3, -0.25) is 14.4 Å². The van der Waals surface area contributed by atoms with E-state index in [9.17, 15) is 14.4 Å². The zero-order chi connectivity index (χ0) is 19.4. The van der Waals surface area contributed by atoms with Crippen molar-refractivity contribution in [1.82, 2.24) is 9.80 Å². The van der Waals surface area contributed by atoms with Crippen LogP contribution in [0, 0.1) is 5.92 Å². The maximum Gasteiger partial charge on any atom is 0.227 e. The van der Waals surface area contributed by atoms with Crippen molar-refractivity contribution in [2.45, 2.75) is 45.1 Å². The number of Topliss-reactive ketones (excluding diaryl/α,β-unsaturated/α-hetero) is 1. The van der Waals surface area contributed by atoms with E-state index in [4.69, 9.17) is 4.74 Å². The second-order valence-electron chi connectivity index (χ2n) is 7.41. The van der Waals surface area contributed by atoms with Gasteiger partial charge in [0.2, 0.25) is 11.8 Å². The quantitative estimate of drug-likeness (QED) is 0.690. The maximum absolute atomic E-state index is 12.7. The van der Waals surface area contributed by atoms with Gasteiger partial charge >= 0.3 is 0 Å². The molecule has 2 atom stereocenters. The molecule has 1 aromatic carbocycles. The molecule has 0 spiro atoms. The third-order valence-electron chi connectivity index (χ3n) is 5.59. The second-order valence-corrected chi connectivity index (χ2v) is 7.41. The molecule has 4 rings (SSSR count). The Morgan fingerprint density at radius 1 is 1.11 bits per heavy atom. The highest BCUT2D eigenvalue weighted by molar-refractivity contribution is 5.98. The van der Waals surface area contributed by atoms with E-state index < -0.39 is 0 Å². The molecule has 146 valence electrons. The molecule has 0 N–H and O–H groups in total. The van der Waals surface area contributed by atoms with Crippen LogP contribution in [0.15, 0.2) is 24.3 Å². The number of piperidine rings is 1. The Morgan fingerprint density at radius 3 is 2.52 bits per heavy atom. The van der Waals surface area contributed by atoms with Gasteiger partial charge in [-0.25, -0.2) is 0 Å². The molecule has 2 amide bonds. The Hall–Kier alpha value is -2.37. The Bertz CT molecular complexity index is 701. The molecule has 6 heteroatoms. The van der Waals surface area contributed by atoms with Crippen LogP contribution in [0.1, 0.15) is 49.4 Å². The lowest BCUT2D eigenvalue weighted by molar-refractivity contribution is -0.139. The number of amides is 2. The summed E-state index contributed by atoms with van der Waals surface area (Å²) in [6, 6.07) is 7.06. The van der Waals surface area contributed by atoms with Gasteiger partial charge in [-0.1, -0.05) is 6.92 Å². The third kappa shape index (κ3) is 4.31. The van der Waals surface area contributed by atoms with Crippen molar-refractivity contribution >= 4 is 17.6 Å². The Labute approximate surface area is 160 Å². The van der Waals surface area contributed by atoms with Crippen LogP contribution >= 0.6 is 0 Å². The maximum atomic E-state index is 12.7. The van der Waals surface area contributed by atoms with Gasteiger partial charge in [-0.05, 0) is 43.5 Å². The molecule has 1 aromatic rings. The van der Waals surface area contributed by atoms with Gasteiger partial charge in [-0.2, -0.15) is 0 Å². The van der Waals surface area contributed by atoms with Crippen molar-refractivity contribution in [2.75, 3.05) is 26.7 Å². The monoisotopic (exact) mass is 372 g/mol. The van der Waals surface area contributed by atoms with Crippen molar-refractivity contribution in [1.29, 1.82) is 0 Å². The number of hydrogen-bond acceptors (Lipinski definition) is 4. The molecule has 0 radical (unpaired) electrons. The first-order chi connectivity index (χ1) is 13.0. The lowest BCUT2D eigenvalue weighted by Crippen LogP contribution is -2.48. The normalized spacial score (nSPS) is 21.9. The first-order valence-corrected chi connectivity index (χ1v) is 9.79. The molecule has 27 heavy (non-hydrogen) atoms. The number of fused-ring (bicyclic) bond motifs is 4. The minimum atomic E-state index is -0.0865. The van der Waals surface area contributed by atoms with E-state index >= 15 is 0 Å². The Morgan fingerprint density at radius 2 is 1.85 bits per heavy atom. The van der Waals surface area contributed by atoms with Gasteiger partial charge < -0.3 is 14.5 Å². The molecule has 6 nitrogen and oxygen atoms in total. The van der Waals surface area contributed by atoms with Crippen molar-refractivity contribution < 1.29 is 19.1 Å². The smallest absolute Gasteiger partial charge is 0.227 e. The molecular weight excluding hydrogens is 344 g/mol. The van der Waals surface area contributed by atoms with E-state index in [1.165, 1.54) is 0 Å². The molecule has 3 aliphatic rings. The summed E-state index contributed by atoms with van der Waals surface area (Å²) in [6.07, 6.45) is 3.12. The van der Waals surface area contributed by atoms with E-state index in [0.717, 1.165) is 25.8 Å². The summed E-state index contributed by atoms with van der Waals surface area (Å²) in [7, 11) is 1.58. The van der Waals surface area contributed by atoms with Gasteiger partial charge in [-0.15, -0.1) is 0 Å². The predicted octanol–water partition coefficient (Wildman–Crippen LogP) is 2.52. The first-order valence-electron chi connectivity index (χ1n) is 9.79. The van der Waals surface area contributed by atoms with Crippen LogP contribution in [0.2, 0.25) is 0 Å². The van der Waals surface area contributed by atoms with Gasteiger partial charge in [0.05, 0.1) is 13.0 Å². The summed E-state index contributed by atoms with van der Waals surface area (Å²) in [5.74, 6) is 0.727. The molecule has 0 saturated carbocycles. The number of nitrogens with zero attached hydrogens (tertiary/aromatic N) is 2. The number of carbonyl (C=O) groups is 3. The highest BCUT2D eigenvalue weighted by atomic mass is 16.5. The fourth-order valence-corrected chi connectivity index (χ4v) is 4.08. The van der Waals surface area contributed by atoms with Gasteiger partial charge in [0, 0.05) is 44.1 Å². The summed E-state index contributed by atoms with van der Waals surface area (Å²) >= 11 is 0. The van der Waals surface area contributed by atoms with Crippen LogP contribution in [0.3, 0.4) is 0 Å². The topological polar surface area (TPSA) is 66.9 Å². The molecule has 0 aliphatic carbocycles. The van der Waals surface area contributed by atoms with E-state index in [1.807, 2.05) is 4.90 Å². The molecule has 2 bridgehead atoms. The third-order valence-corrected chi connectivity index (χ3v) is 5.59. The number of rotatable bonds is 7. The largest absolute Gasteiger partial charge is 0.497 e. The van der Waals surface area contributed by atoms with E-state index in [2.05, 4.69) is 6.92 Å². The van der Waals surface area contributed by atoms with Crippen molar-refractivity contribution in [3.05, 3.63) is 29.8 Å². The molecule has 3 heterocycles. The predicted molar refractivity (Wildman–Crippen MR) is 102 cm³/mol. The Kier molecular flexibility index (Phi) is 6.14. The molecule has 3 aliphatic heterocycles. The van der Waals surface area contributed by atoms with Gasteiger partial charge in [0.25, 0.3) is 0 Å². The minimum absolute atomic E-state index is 0.0279. The Balaban J connectivity index is 1.58. The van der Waals surface area contributed by atoms with Crippen LogP contribution in [-0.2, 0) is 9.59 Å². The molecule has 3 fully saturated rings. The summed E-state index contributed by atoms with van der Waals surface area (Å²) in [4.78, 5) is 41.4. The number of ether oxygens (including phenoxy) is 1. The average molecular weight is 372 g/mol. The van der Waals surface area contributed by atoms with Crippen molar-refractivity contribution in [3.8, 4) is 5.75 Å². The highest BCUT2D eigenvalue weighted by Gasteiger charge is 2.41. The van der Waals surface area contributed by atoms with E-state index in [0.29, 0.717) is 24.4 Å². The number of benzene rings is 1. The van der Waals surface area contributed by atoms with Crippen LogP contribution in [0.4, 0.5) is 0 Å². The zero-order valence-electron chi connectivity index (χ0n) is 16.1. The number of methoxy groups -OCH3 is 1. The van der Waals surface area contributed by atoms with E-state index in [-0.39, 0.29) is 42.4 Å². The number of ketones is 1. The molecule has 0 aromatic heterocycles. The fraction of sp³-hybridized carbons (Fsp3) is 0.571. The van der Waals surface area contributed by atoms with Crippen LogP contribution in [0.5, 0.6) is 5.75 Å². The molecule has 2 unspecified atom stereocenters.